The number of hydrogen-bond acceptors (Lipinski definition) is 14. The third-order valence-corrected chi connectivity index (χ3v) is 17.7. The van der Waals surface area contributed by atoms with Crippen LogP contribution < -0.4 is 19.7 Å². The second kappa shape index (κ2) is 23.9. The number of fused-ring (bicyclic) bond motifs is 1. The number of halogens is 3. The second-order valence-electron chi connectivity index (χ2n) is 21.0. The Hall–Kier alpha value is -7.18. The predicted octanol–water partition coefficient (Wildman–Crippen LogP) is 8.42. The number of nitrogens with one attached hydrogen (secondary N) is 3. The van der Waals surface area contributed by atoms with Gasteiger partial charge in [0, 0.05) is 92.9 Å². The lowest BCUT2D eigenvalue weighted by molar-refractivity contribution is -0.141. The standard InChI is InChI=1S/C57H63F3N10O8S2/c1-33(2)50(57(74)70-31-42(71)26-47(70)56(73)64-34(3)36-7-9-38(10-8-36)54-35(4)63-32-79-54)48-27-49(65-78-48)77-24-6-5-18-67-20-22-68(23-21-67)41-13-11-37(12-14-41)39-25-43-44(29-62-55(43)61-28-39)53(72)51-45(59)15-16-46(52(51)60)66-80(75,76)69-19-17-40(58)30-69/h7-16,25,27-29,32-34,40,42,47,50,66,71H,5-6,17-24,26,30-31H2,1-4H3,(H,61,62)(H,64,73)/t34?,40-,42-,47+,50?/m1/s1. The number of β-amino-alcohol motifs (C(OH)–C–C–N with tert-alkyl or cyclic N) is 1. The van der Waals surface area contributed by atoms with Crippen molar-refractivity contribution >= 4 is 61.6 Å². The SMILES string of the molecule is Cc1ncsc1-c1ccc(C(C)NC(=O)[C@@H]2C[C@@H](O)CN2C(=O)C(c2cc(OCCCCN3CCN(c4ccc(-c5cnc6[nH]cc(C(=O)c7c(F)ccc(NS(=O)(=O)N8CC[C@@H](F)C8)c7F)c6c5)cc4)CC3)no2)C(C)C)cc1. The Balaban J connectivity index is 0.678. The van der Waals surface area contributed by atoms with E-state index in [1.807, 2.05) is 86.5 Å². The quantitative estimate of drug-likeness (QED) is 0.0417. The van der Waals surface area contributed by atoms with Gasteiger partial charge in [-0.3, -0.25) is 24.0 Å². The van der Waals surface area contributed by atoms with Gasteiger partial charge in [0.15, 0.2) is 11.6 Å². The summed E-state index contributed by atoms with van der Waals surface area (Å²) in [4.78, 5) is 60.7. The topological polar surface area (TPSA) is 219 Å². The van der Waals surface area contributed by atoms with E-state index < -0.39 is 69.7 Å². The Morgan fingerprint density at radius 2 is 1.68 bits per heavy atom. The number of alkyl halides is 1. The minimum Gasteiger partial charge on any atom is -0.476 e. The van der Waals surface area contributed by atoms with Crippen LogP contribution in [0.4, 0.5) is 24.5 Å². The molecule has 4 aromatic heterocycles. The average molecular weight is 1140 g/mol. The van der Waals surface area contributed by atoms with Gasteiger partial charge in [-0.2, -0.15) is 12.7 Å². The number of pyridine rings is 1. The number of ketones is 1. The molecule has 0 spiro atoms. The van der Waals surface area contributed by atoms with Gasteiger partial charge in [0.25, 0.3) is 5.88 Å². The zero-order chi connectivity index (χ0) is 56.4. The number of nitrogens with zero attached hydrogens (tertiary/aromatic N) is 7. The van der Waals surface area contributed by atoms with Crippen molar-refractivity contribution in [2.24, 2.45) is 5.92 Å². The number of unbranched alkanes of at least 4 members (excludes halogenated alkanes) is 1. The Morgan fingerprint density at radius 1 is 0.925 bits per heavy atom. The van der Waals surface area contributed by atoms with Crippen molar-refractivity contribution in [2.75, 3.05) is 68.6 Å². The molecule has 2 amide bonds. The maximum atomic E-state index is 15.8. The molecule has 3 saturated heterocycles. The van der Waals surface area contributed by atoms with Crippen molar-refractivity contribution < 1.29 is 50.3 Å². The molecule has 7 heterocycles. The lowest BCUT2D eigenvalue weighted by atomic mass is 9.91. The van der Waals surface area contributed by atoms with Crippen LogP contribution in [-0.4, -0.2) is 143 Å². The molecule has 3 aliphatic heterocycles. The number of carbonyl (C=O) groups excluding carboxylic acids is 3. The van der Waals surface area contributed by atoms with E-state index in [1.165, 1.54) is 11.1 Å². The van der Waals surface area contributed by atoms with Crippen molar-refractivity contribution in [1.29, 1.82) is 0 Å². The molecular weight excluding hydrogens is 1070 g/mol. The van der Waals surface area contributed by atoms with Gasteiger partial charge in [0.2, 0.25) is 17.6 Å². The summed E-state index contributed by atoms with van der Waals surface area (Å²) in [5.41, 5.74) is 5.90. The monoisotopic (exact) mass is 1140 g/mol. The number of aliphatic hydroxyl groups is 1. The third kappa shape index (κ3) is 12.1. The molecule has 2 unspecified atom stereocenters. The number of benzene rings is 3. The van der Waals surface area contributed by atoms with Gasteiger partial charge in [0.1, 0.15) is 29.6 Å². The van der Waals surface area contributed by atoms with Crippen LogP contribution in [0.3, 0.4) is 0 Å². The molecule has 10 rings (SSSR count). The maximum Gasteiger partial charge on any atom is 0.301 e. The summed E-state index contributed by atoms with van der Waals surface area (Å²) >= 11 is 1.58. The minimum atomic E-state index is -4.37. The van der Waals surface area contributed by atoms with Gasteiger partial charge in [0.05, 0.1) is 46.1 Å². The van der Waals surface area contributed by atoms with E-state index in [0.29, 0.717) is 29.0 Å². The lowest BCUT2D eigenvalue weighted by Crippen LogP contribution is -2.48. The summed E-state index contributed by atoms with van der Waals surface area (Å²) in [5, 5.41) is 18.2. The first kappa shape index (κ1) is 56.1. The Morgan fingerprint density at radius 3 is 2.38 bits per heavy atom. The molecule has 80 heavy (non-hydrogen) atoms. The Bertz CT molecular complexity index is 3480. The number of carbonyl (C=O) groups is 3. The molecule has 0 aliphatic carbocycles. The van der Waals surface area contributed by atoms with Gasteiger partial charge in [-0.05, 0) is 97.8 Å². The summed E-state index contributed by atoms with van der Waals surface area (Å²) in [6.45, 7) is 11.8. The summed E-state index contributed by atoms with van der Waals surface area (Å²) in [6, 6.07) is 19.7. The molecular formula is C57H63F3N10O8S2. The number of amides is 2. The fourth-order valence-electron chi connectivity index (χ4n) is 10.7. The van der Waals surface area contributed by atoms with Crippen LogP contribution in [0.2, 0.25) is 0 Å². The molecule has 5 atom stereocenters. The number of hydrogen-bond donors (Lipinski definition) is 4. The zero-order valence-electron chi connectivity index (χ0n) is 44.7. The number of piperazine rings is 1. The molecule has 23 heteroatoms. The largest absolute Gasteiger partial charge is 0.476 e. The highest BCUT2D eigenvalue weighted by Crippen LogP contribution is 2.35. The molecule has 3 aliphatic rings. The number of aliphatic hydroxyl groups excluding tert-OH is 1. The zero-order valence-corrected chi connectivity index (χ0v) is 46.3. The van der Waals surface area contributed by atoms with Crippen molar-refractivity contribution in [2.45, 2.75) is 83.7 Å². The van der Waals surface area contributed by atoms with E-state index in [1.54, 1.807) is 29.7 Å². The first-order chi connectivity index (χ1) is 38.4. The number of rotatable bonds is 20. The normalized spacial score (nSPS) is 19.0. The number of likely N-dealkylation sites (tertiary alicyclic amines) is 1. The van der Waals surface area contributed by atoms with E-state index in [-0.39, 0.29) is 61.1 Å². The van der Waals surface area contributed by atoms with Gasteiger partial charge in [-0.15, -0.1) is 11.3 Å². The van der Waals surface area contributed by atoms with E-state index >= 15 is 8.78 Å². The number of aromatic nitrogens is 4. The molecule has 3 aromatic carbocycles. The predicted molar refractivity (Wildman–Crippen MR) is 297 cm³/mol. The summed E-state index contributed by atoms with van der Waals surface area (Å²) < 4.78 is 85.0. The molecule has 7 aromatic rings. The summed E-state index contributed by atoms with van der Waals surface area (Å²) in [6.07, 6.45) is 2.50. The fourth-order valence-corrected chi connectivity index (χ4v) is 12.8. The Kier molecular flexibility index (Phi) is 16.7. The molecule has 0 radical (unpaired) electrons. The van der Waals surface area contributed by atoms with Gasteiger partial charge in [-0.25, -0.2) is 23.1 Å². The second-order valence-corrected chi connectivity index (χ2v) is 23.5. The van der Waals surface area contributed by atoms with E-state index in [4.69, 9.17) is 9.26 Å². The van der Waals surface area contributed by atoms with Crippen LogP contribution in [0.5, 0.6) is 5.88 Å². The first-order valence-electron chi connectivity index (χ1n) is 26.8. The number of thiazole rings is 1. The highest BCUT2D eigenvalue weighted by molar-refractivity contribution is 7.90. The Labute approximate surface area is 465 Å². The molecule has 18 nitrogen and oxygen atoms in total. The summed E-state index contributed by atoms with van der Waals surface area (Å²) in [5.74, 6) is -4.60. The van der Waals surface area contributed by atoms with Crippen LogP contribution in [-0.2, 0) is 19.8 Å². The van der Waals surface area contributed by atoms with E-state index in [2.05, 4.69) is 35.2 Å². The van der Waals surface area contributed by atoms with Gasteiger partial charge in [-0.1, -0.05) is 50.2 Å². The van der Waals surface area contributed by atoms with Gasteiger partial charge < -0.3 is 34.5 Å². The van der Waals surface area contributed by atoms with E-state index in [0.717, 1.165) is 95.0 Å². The molecule has 422 valence electrons. The summed E-state index contributed by atoms with van der Waals surface area (Å²) in [7, 11) is -4.37. The number of aryl methyl sites for hydroxylation is 1. The van der Waals surface area contributed by atoms with Crippen LogP contribution in [0.1, 0.15) is 91.4 Å². The number of aromatic amines is 1. The first-order valence-corrected chi connectivity index (χ1v) is 29.1. The van der Waals surface area contributed by atoms with Crippen molar-refractivity contribution in [3.8, 4) is 27.4 Å². The van der Waals surface area contributed by atoms with Crippen molar-refractivity contribution in [3.05, 3.63) is 130 Å². The number of ether oxygens (including phenoxy) is 1. The highest BCUT2D eigenvalue weighted by atomic mass is 32.2. The molecule has 0 bridgehead atoms. The lowest BCUT2D eigenvalue weighted by Gasteiger charge is -2.36. The van der Waals surface area contributed by atoms with Crippen LogP contribution in [0.15, 0.2) is 95.2 Å². The van der Waals surface area contributed by atoms with E-state index in [9.17, 15) is 32.3 Å². The molecule has 0 saturated carbocycles. The number of H-pyrrole nitrogens is 1. The fraction of sp³-hybridized carbons (Fsp3) is 0.404. The maximum absolute atomic E-state index is 15.8. The van der Waals surface area contributed by atoms with Crippen molar-refractivity contribution in [3.63, 3.8) is 0 Å². The van der Waals surface area contributed by atoms with Crippen LogP contribution in [0.25, 0.3) is 32.6 Å². The average Bonchev–Trinajstić information content (AvgIpc) is 4.38. The number of anilines is 2. The molecule has 4 N–H and O–H groups in total. The smallest absolute Gasteiger partial charge is 0.301 e. The van der Waals surface area contributed by atoms with Gasteiger partial charge >= 0.3 is 10.2 Å². The van der Waals surface area contributed by atoms with Crippen LogP contribution >= 0.6 is 11.3 Å². The minimum absolute atomic E-state index is 0.00494. The van der Waals surface area contributed by atoms with Crippen molar-refractivity contribution in [1.82, 2.24) is 39.5 Å². The molecule has 3 fully saturated rings. The highest BCUT2D eigenvalue weighted by Gasteiger charge is 2.44. The van der Waals surface area contributed by atoms with Crippen LogP contribution in [0, 0.1) is 24.5 Å². The third-order valence-electron chi connectivity index (χ3n) is 15.2.